The summed E-state index contributed by atoms with van der Waals surface area (Å²) in [5.41, 5.74) is 4.76. The van der Waals surface area contributed by atoms with Crippen molar-refractivity contribution in [3.8, 4) is 5.75 Å². The predicted molar refractivity (Wildman–Crippen MR) is 87.4 cm³/mol. The van der Waals surface area contributed by atoms with Gasteiger partial charge in [0.1, 0.15) is 5.75 Å². The second-order valence-corrected chi connectivity index (χ2v) is 5.74. The number of rotatable bonds is 6. The second kappa shape index (κ2) is 8.54. The number of hydrogen-bond donors (Lipinski definition) is 2. The van der Waals surface area contributed by atoms with Crippen molar-refractivity contribution >= 4 is 11.6 Å². The van der Waals surface area contributed by atoms with E-state index in [9.17, 15) is 4.79 Å². The first-order chi connectivity index (χ1) is 10.7. The molecule has 1 aromatic carbocycles. The molecule has 120 valence electrons. The van der Waals surface area contributed by atoms with E-state index in [4.69, 9.17) is 4.74 Å². The van der Waals surface area contributed by atoms with Crippen molar-refractivity contribution in [3.05, 3.63) is 29.8 Å². The van der Waals surface area contributed by atoms with Crippen LogP contribution in [0.25, 0.3) is 0 Å². The molecule has 5 heteroatoms. The zero-order valence-electron chi connectivity index (χ0n) is 13.5. The van der Waals surface area contributed by atoms with Gasteiger partial charge < -0.3 is 9.64 Å². The lowest BCUT2D eigenvalue weighted by Crippen LogP contribution is -3.13. The molecule has 22 heavy (non-hydrogen) atoms. The zero-order chi connectivity index (χ0) is 15.8. The topological polar surface area (TPSA) is 55.1 Å². The Morgan fingerprint density at radius 3 is 2.55 bits per heavy atom. The SMILES string of the molecule is CCC[NH+]1CCC(=NNC(=O)Cc2ccc(OC)cc2)CC1. The number of methoxy groups -OCH3 is 1. The molecule has 0 radical (unpaired) electrons. The third-order valence-corrected chi connectivity index (χ3v) is 4.00. The Morgan fingerprint density at radius 2 is 1.95 bits per heavy atom. The summed E-state index contributed by atoms with van der Waals surface area (Å²) in [4.78, 5) is 13.6. The van der Waals surface area contributed by atoms with Crippen molar-refractivity contribution < 1.29 is 14.4 Å². The first kappa shape index (κ1) is 16.5. The number of amides is 1. The first-order valence-corrected chi connectivity index (χ1v) is 8.02. The molecule has 1 saturated heterocycles. The van der Waals surface area contributed by atoms with Crippen molar-refractivity contribution in [2.75, 3.05) is 26.7 Å². The number of quaternary nitrogens is 1. The van der Waals surface area contributed by atoms with Crippen LogP contribution in [-0.4, -0.2) is 38.4 Å². The number of nitrogens with one attached hydrogen (secondary N) is 2. The fraction of sp³-hybridized carbons (Fsp3) is 0.529. The number of carbonyl (C=O) groups is 1. The molecule has 1 aromatic rings. The van der Waals surface area contributed by atoms with Crippen molar-refractivity contribution in [3.63, 3.8) is 0 Å². The van der Waals surface area contributed by atoms with E-state index in [1.165, 1.54) is 13.0 Å². The van der Waals surface area contributed by atoms with Crippen LogP contribution in [0.1, 0.15) is 31.7 Å². The minimum absolute atomic E-state index is 0.0685. The van der Waals surface area contributed by atoms with Gasteiger partial charge in [-0.05, 0) is 24.1 Å². The summed E-state index contributed by atoms with van der Waals surface area (Å²) >= 11 is 0. The fourth-order valence-corrected chi connectivity index (χ4v) is 2.72. The van der Waals surface area contributed by atoms with Gasteiger partial charge in [-0.3, -0.25) is 4.79 Å². The lowest BCUT2D eigenvalue weighted by Gasteiger charge is -2.24. The Kier molecular flexibility index (Phi) is 6.40. The van der Waals surface area contributed by atoms with Gasteiger partial charge in [0.05, 0.1) is 33.2 Å². The molecule has 1 fully saturated rings. The van der Waals surface area contributed by atoms with Crippen molar-refractivity contribution in [2.24, 2.45) is 5.10 Å². The summed E-state index contributed by atoms with van der Waals surface area (Å²) in [6, 6.07) is 7.53. The van der Waals surface area contributed by atoms with Crippen molar-refractivity contribution in [2.45, 2.75) is 32.6 Å². The Balaban J connectivity index is 1.76. The smallest absolute Gasteiger partial charge is 0.244 e. The van der Waals surface area contributed by atoms with E-state index in [0.717, 1.165) is 43.0 Å². The van der Waals surface area contributed by atoms with Crippen LogP contribution in [-0.2, 0) is 11.2 Å². The molecule has 0 saturated carbocycles. The minimum atomic E-state index is -0.0685. The molecule has 1 amide bonds. The largest absolute Gasteiger partial charge is 0.497 e. The first-order valence-electron chi connectivity index (χ1n) is 8.02. The van der Waals surface area contributed by atoms with E-state index in [2.05, 4.69) is 17.5 Å². The van der Waals surface area contributed by atoms with Gasteiger partial charge in [-0.25, -0.2) is 5.43 Å². The summed E-state index contributed by atoms with van der Waals surface area (Å²) in [6.07, 6.45) is 3.53. The number of ether oxygens (including phenoxy) is 1. The Labute approximate surface area is 132 Å². The number of carbonyl (C=O) groups excluding carboxylic acids is 1. The number of hydrazone groups is 1. The van der Waals surface area contributed by atoms with E-state index >= 15 is 0 Å². The highest BCUT2D eigenvalue weighted by Gasteiger charge is 2.17. The van der Waals surface area contributed by atoms with Crippen LogP contribution >= 0.6 is 0 Å². The molecule has 0 aromatic heterocycles. The molecule has 0 bridgehead atoms. The van der Waals surface area contributed by atoms with Crippen LogP contribution in [0.4, 0.5) is 0 Å². The molecule has 2 rings (SSSR count). The molecule has 1 aliphatic rings. The van der Waals surface area contributed by atoms with Crippen LogP contribution in [0.2, 0.25) is 0 Å². The fourth-order valence-electron chi connectivity index (χ4n) is 2.72. The van der Waals surface area contributed by atoms with E-state index < -0.39 is 0 Å². The highest BCUT2D eigenvalue weighted by molar-refractivity contribution is 5.87. The highest BCUT2D eigenvalue weighted by atomic mass is 16.5. The van der Waals surface area contributed by atoms with Crippen LogP contribution in [0.15, 0.2) is 29.4 Å². The van der Waals surface area contributed by atoms with E-state index in [-0.39, 0.29) is 5.91 Å². The Hall–Kier alpha value is -1.88. The maximum absolute atomic E-state index is 11.9. The molecule has 0 atom stereocenters. The summed E-state index contributed by atoms with van der Waals surface area (Å²) in [5, 5.41) is 4.29. The second-order valence-electron chi connectivity index (χ2n) is 5.74. The van der Waals surface area contributed by atoms with Crippen LogP contribution in [0, 0.1) is 0 Å². The lowest BCUT2D eigenvalue weighted by molar-refractivity contribution is -0.901. The van der Waals surface area contributed by atoms with E-state index in [1.54, 1.807) is 12.0 Å². The van der Waals surface area contributed by atoms with Gasteiger partial charge in [0, 0.05) is 18.6 Å². The van der Waals surface area contributed by atoms with Crippen LogP contribution < -0.4 is 15.1 Å². The number of likely N-dealkylation sites (tertiary alicyclic amines) is 1. The number of nitrogens with zero attached hydrogens (tertiary/aromatic N) is 1. The number of benzene rings is 1. The molecule has 2 N–H and O–H groups in total. The maximum Gasteiger partial charge on any atom is 0.244 e. The van der Waals surface area contributed by atoms with Crippen molar-refractivity contribution in [1.29, 1.82) is 0 Å². The van der Waals surface area contributed by atoms with Gasteiger partial charge in [0.2, 0.25) is 5.91 Å². The summed E-state index contributed by atoms with van der Waals surface area (Å²) in [7, 11) is 1.63. The Bertz CT molecular complexity index is 501. The monoisotopic (exact) mass is 304 g/mol. The van der Waals surface area contributed by atoms with Gasteiger partial charge in [0.15, 0.2) is 0 Å². The quantitative estimate of drug-likeness (QED) is 0.764. The van der Waals surface area contributed by atoms with Gasteiger partial charge in [-0.2, -0.15) is 5.10 Å². The van der Waals surface area contributed by atoms with Gasteiger partial charge in [-0.1, -0.05) is 19.1 Å². The highest BCUT2D eigenvalue weighted by Crippen LogP contribution is 2.11. The Morgan fingerprint density at radius 1 is 1.27 bits per heavy atom. The third kappa shape index (κ3) is 5.15. The molecule has 1 heterocycles. The van der Waals surface area contributed by atoms with Crippen molar-refractivity contribution in [1.82, 2.24) is 5.43 Å². The van der Waals surface area contributed by atoms with Gasteiger partial charge >= 0.3 is 0 Å². The maximum atomic E-state index is 11.9. The van der Waals surface area contributed by atoms with Crippen LogP contribution in [0.5, 0.6) is 5.75 Å². The van der Waals surface area contributed by atoms with Crippen LogP contribution in [0.3, 0.4) is 0 Å². The summed E-state index contributed by atoms with van der Waals surface area (Å²) in [5.74, 6) is 0.728. The normalized spacial score (nSPS) is 17.9. The molecule has 0 aliphatic carbocycles. The molecule has 0 unspecified atom stereocenters. The van der Waals surface area contributed by atoms with E-state index in [0.29, 0.717) is 6.42 Å². The standard InChI is InChI=1S/C17H25N3O2/c1-3-10-20-11-8-15(9-12-20)18-19-17(21)13-14-4-6-16(22-2)7-5-14/h4-7H,3,8-13H2,1-2H3,(H,19,21)/p+1. The molecule has 5 nitrogen and oxygen atoms in total. The average Bonchev–Trinajstić information content (AvgIpc) is 2.55. The molecular weight excluding hydrogens is 278 g/mol. The van der Waals surface area contributed by atoms with E-state index in [1.807, 2.05) is 24.3 Å². The lowest BCUT2D eigenvalue weighted by atomic mass is 10.1. The summed E-state index contributed by atoms with van der Waals surface area (Å²) < 4.78 is 5.10. The summed E-state index contributed by atoms with van der Waals surface area (Å²) in [6.45, 7) is 5.70. The number of hydrogen-bond acceptors (Lipinski definition) is 3. The van der Waals surface area contributed by atoms with Gasteiger partial charge in [-0.15, -0.1) is 0 Å². The molecule has 0 spiro atoms. The third-order valence-electron chi connectivity index (χ3n) is 4.00. The predicted octanol–water partition coefficient (Wildman–Crippen LogP) is 0.799. The number of piperidine rings is 1. The molecule has 1 aliphatic heterocycles. The van der Waals surface area contributed by atoms with Gasteiger partial charge in [0.25, 0.3) is 0 Å². The minimum Gasteiger partial charge on any atom is -0.497 e. The zero-order valence-corrected chi connectivity index (χ0v) is 13.5. The molecular formula is C17H26N3O2+. The average molecular weight is 304 g/mol.